The number of hydrogen-bond donors (Lipinski definition) is 1. The van der Waals surface area contributed by atoms with Crippen molar-refractivity contribution in [3.63, 3.8) is 0 Å². The molecule has 6 heteroatoms. The molecule has 0 spiro atoms. The summed E-state index contributed by atoms with van der Waals surface area (Å²) >= 11 is 0. The molecule has 2 atom stereocenters. The summed E-state index contributed by atoms with van der Waals surface area (Å²) in [6, 6.07) is 10.6. The molecule has 0 radical (unpaired) electrons. The van der Waals surface area contributed by atoms with Gasteiger partial charge in [0.05, 0.1) is 18.8 Å². The van der Waals surface area contributed by atoms with Crippen LogP contribution in [0.25, 0.3) is 0 Å². The van der Waals surface area contributed by atoms with Crippen molar-refractivity contribution in [3.05, 3.63) is 58.6 Å². The van der Waals surface area contributed by atoms with E-state index in [4.69, 9.17) is 4.74 Å². The van der Waals surface area contributed by atoms with Crippen LogP contribution in [0.1, 0.15) is 25.5 Å². The molecule has 0 aliphatic carbocycles. The molecule has 0 amide bonds. The number of likely N-dealkylation sites (N-methyl/N-ethyl adjacent to an activating group) is 1. The van der Waals surface area contributed by atoms with Crippen LogP contribution in [0.5, 0.6) is 0 Å². The molecule has 2 aromatic rings. The van der Waals surface area contributed by atoms with E-state index in [1.807, 2.05) is 13.0 Å². The van der Waals surface area contributed by atoms with Crippen LogP contribution in [-0.2, 0) is 11.3 Å². The molecular weight excluding hydrogens is 316 g/mol. The van der Waals surface area contributed by atoms with Crippen molar-refractivity contribution in [1.82, 2.24) is 14.5 Å². The molecule has 1 aromatic carbocycles. The van der Waals surface area contributed by atoms with Crippen LogP contribution < -0.4 is 10.9 Å². The number of benzene rings is 1. The quantitative estimate of drug-likeness (QED) is 0.871. The summed E-state index contributed by atoms with van der Waals surface area (Å²) in [5.74, 6) is 0.383. The smallest absolute Gasteiger partial charge is 0.293 e. The summed E-state index contributed by atoms with van der Waals surface area (Å²) in [7, 11) is 0. The van der Waals surface area contributed by atoms with Crippen LogP contribution in [0.2, 0.25) is 0 Å². The monoisotopic (exact) mass is 342 g/mol. The molecule has 1 aromatic heterocycles. The second kappa shape index (κ2) is 8.27. The highest BCUT2D eigenvalue weighted by atomic mass is 16.5. The van der Waals surface area contributed by atoms with Gasteiger partial charge < -0.3 is 14.6 Å². The molecule has 3 rings (SSSR count). The van der Waals surface area contributed by atoms with Gasteiger partial charge in [0, 0.05) is 32.0 Å². The van der Waals surface area contributed by atoms with Gasteiger partial charge >= 0.3 is 0 Å². The molecule has 25 heavy (non-hydrogen) atoms. The Hall–Kier alpha value is -2.18. The van der Waals surface area contributed by atoms with Crippen molar-refractivity contribution in [3.8, 4) is 0 Å². The van der Waals surface area contributed by atoms with Gasteiger partial charge in [-0.15, -0.1) is 0 Å². The number of rotatable bonds is 6. The molecule has 0 unspecified atom stereocenters. The maximum absolute atomic E-state index is 12.3. The lowest BCUT2D eigenvalue weighted by Crippen LogP contribution is -2.48. The average molecular weight is 342 g/mol. The van der Waals surface area contributed by atoms with E-state index in [2.05, 4.69) is 46.4 Å². The van der Waals surface area contributed by atoms with Crippen LogP contribution in [0, 0.1) is 0 Å². The molecule has 1 N–H and O–H groups in total. The fourth-order valence-electron chi connectivity index (χ4n) is 3.40. The first-order valence-electron chi connectivity index (χ1n) is 8.94. The zero-order valence-corrected chi connectivity index (χ0v) is 14.9. The van der Waals surface area contributed by atoms with Gasteiger partial charge in [0.2, 0.25) is 0 Å². The summed E-state index contributed by atoms with van der Waals surface area (Å²) in [5.41, 5.74) is 1.15. The fraction of sp³-hybridized carbons (Fsp3) is 0.474. The number of hydrogen-bond acceptors (Lipinski definition) is 5. The number of ether oxygens (including phenoxy) is 1. The third kappa shape index (κ3) is 3.91. The Morgan fingerprint density at radius 3 is 2.76 bits per heavy atom. The van der Waals surface area contributed by atoms with Crippen molar-refractivity contribution in [2.24, 2.45) is 0 Å². The summed E-state index contributed by atoms with van der Waals surface area (Å²) in [6.07, 6.45) is 3.32. The van der Waals surface area contributed by atoms with Crippen LogP contribution in [-0.4, -0.2) is 46.8 Å². The molecule has 2 heterocycles. The SMILES string of the molecule is CCN1CCO[C@@H](CNc2nccn(CC)c2=O)[C@@H]1c1ccccc1. The Bertz CT molecular complexity index is 732. The van der Waals surface area contributed by atoms with Gasteiger partial charge in [-0.3, -0.25) is 9.69 Å². The normalized spacial score (nSPS) is 21.2. The van der Waals surface area contributed by atoms with Crippen molar-refractivity contribution >= 4 is 5.82 Å². The standard InChI is InChI=1S/C19H26N4O2/c1-3-22-12-13-25-16(17(22)15-8-6-5-7-9-15)14-21-18-19(24)23(4-2)11-10-20-18/h5-11,16-17H,3-4,12-14H2,1-2H3,(H,20,21)/t16-,17-/m0/s1. The predicted molar refractivity (Wildman–Crippen MR) is 98.8 cm³/mol. The van der Waals surface area contributed by atoms with Gasteiger partial charge in [-0.1, -0.05) is 37.3 Å². The number of morpholine rings is 1. The van der Waals surface area contributed by atoms with E-state index in [0.717, 1.165) is 13.1 Å². The second-order valence-corrected chi connectivity index (χ2v) is 6.14. The van der Waals surface area contributed by atoms with E-state index in [0.29, 0.717) is 25.5 Å². The highest BCUT2D eigenvalue weighted by Gasteiger charge is 2.32. The third-order valence-electron chi connectivity index (χ3n) is 4.73. The van der Waals surface area contributed by atoms with Crippen molar-refractivity contribution in [2.75, 3.05) is 31.6 Å². The lowest BCUT2D eigenvalue weighted by atomic mass is 9.98. The van der Waals surface area contributed by atoms with E-state index < -0.39 is 0 Å². The number of aryl methyl sites for hydroxylation is 1. The van der Waals surface area contributed by atoms with E-state index >= 15 is 0 Å². The maximum Gasteiger partial charge on any atom is 0.293 e. The van der Waals surface area contributed by atoms with E-state index in [9.17, 15) is 4.79 Å². The summed E-state index contributed by atoms with van der Waals surface area (Å²) in [5, 5.41) is 3.21. The topological polar surface area (TPSA) is 59.4 Å². The summed E-state index contributed by atoms with van der Waals surface area (Å²) in [6.45, 7) is 7.87. The minimum atomic E-state index is -0.0931. The van der Waals surface area contributed by atoms with E-state index in [-0.39, 0.29) is 17.7 Å². The number of anilines is 1. The minimum absolute atomic E-state index is 0.0346. The highest BCUT2D eigenvalue weighted by molar-refractivity contribution is 5.31. The van der Waals surface area contributed by atoms with Crippen molar-refractivity contribution in [1.29, 1.82) is 0 Å². The van der Waals surface area contributed by atoms with Gasteiger partial charge in [-0.2, -0.15) is 0 Å². The molecule has 1 saturated heterocycles. The van der Waals surface area contributed by atoms with Crippen LogP contribution in [0.4, 0.5) is 5.82 Å². The third-order valence-corrected chi connectivity index (χ3v) is 4.73. The minimum Gasteiger partial charge on any atom is -0.373 e. The van der Waals surface area contributed by atoms with Gasteiger partial charge in [-0.05, 0) is 19.0 Å². The Kier molecular flexibility index (Phi) is 5.83. The van der Waals surface area contributed by atoms with E-state index in [1.165, 1.54) is 5.56 Å². The first-order chi connectivity index (χ1) is 12.2. The summed E-state index contributed by atoms with van der Waals surface area (Å²) in [4.78, 5) is 19.0. The number of aromatic nitrogens is 2. The van der Waals surface area contributed by atoms with Gasteiger partial charge in [0.1, 0.15) is 0 Å². The average Bonchev–Trinajstić information content (AvgIpc) is 2.67. The lowest BCUT2D eigenvalue weighted by molar-refractivity contribution is -0.0639. The van der Waals surface area contributed by atoms with Crippen LogP contribution in [0.3, 0.4) is 0 Å². The number of nitrogens with one attached hydrogen (secondary N) is 1. The lowest BCUT2D eigenvalue weighted by Gasteiger charge is -2.41. The molecular formula is C19H26N4O2. The van der Waals surface area contributed by atoms with Crippen molar-refractivity contribution in [2.45, 2.75) is 32.5 Å². The zero-order valence-electron chi connectivity index (χ0n) is 14.9. The highest BCUT2D eigenvalue weighted by Crippen LogP contribution is 2.29. The summed E-state index contributed by atoms with van der Waals surface area (Å²) < 4.78 is 7.70. The van der Waals surface area contributed by atoms with E-state index in [1.54, 1.807) is 17.0 Å². The Balaban J connectivity index is 1.79. The molecule has 0 bridgehead atoms. The Morgan fingerprint density at radius 2 is 2.04 bits per heavy atom. The zero-order chi connectivity index (χ0) is 17.6. The molecule has 134 valence electrons. The molecule has 1 fully saturated rings. The molecule has 1 aliphatic heterocycles. The van der Waals surface area contributed by atoms with Gasteiger partial charge in [0.25, 0.3) is 5.56 Å². The maximum atomic E-state index is 12.3. The van der Waals surface area contributed by atoms with Gasteiger partial charge in [-0.25, -0.2) is 4.98 Å². The van der Waals surface area contributed by atoms with Crippen LogP contribution >= 0.6 is 0 Å². The molecule has 1 aliphatic rings. The number of nitrogens with zero attached hydrogens (tertiary/aromatic N) is 3. The first-order valence-corrected chi connectivity index (χ1v) is 8.94. The largest absolute Gasteiger partial charge is 0.373 e. The Morgan fingerprint density at radius 1 is 1.24 bits per heavy atom. The van der Waals surface area contributed by atoms with Crippen LogP contribution in [0.15, 0.2) is 47.5 Å². The van der Waals surface area contributed by atoms with Gasteiger partial charge in [0.15, 0.2) is 5.82 Å². The fourth-order valence-corrected chi connectivity index (χ4v) is 3.40. The second-order valence-electron chi connectivity index (χ2n) is 6.14. The Labute approximate surface area is 148 Å². The van der Waals surface area contributed by atoms with Crippen molar-refractivity contribution < 1.29 is 4.74 Å². The molecule has 0 saturated carbocycles. The molecule has 6 nitrogen and oxygen atoms in total. The predicted octanol–water partition coefficient (Wildman–Crippen LogP) is 2.14. The first kappa shape index (κ1) is 17.6.